The van der Waals surface area contributed by atoms with Gasteiger partial charge in [0.25, 0.3) is 5.91 Å². The molecular formula is C14H16ClNO5. The van der Waals surface area contributed by atoms with Gasteiger partial charge in [0.05, 0.1) is 5.02 Å². The monoisotopic (exact) mass is 313 g/mol. The smallest absolute Gasteiger partial charge is 0.326 e. The quantitative estimate of drug-likeness (QED) is 0.894. The van der Waals surface area contributed by atoms with Gasteiger partial charge in [0.1, 0.15) is 6.04 Å². The van der Waals surface area contributed by atoms with Gasteiger partial charge in [-0.1, -0.05) is 32.4 Å². The first-order valence-electron chi connectivity index (χ1n) is 6.33. The number of carboxylic acids is 1. The number of amides is 1. The van der Waals surface area contributed by atoms with Crippen molar-refractivity contribution in [1.82, 2.24) is 5.32 Å². The molecule has 0 aromatic heterocycles. The Kier molecular flexibility index (Phi) is 4.00. The Morgan fingerprint density at radius 2 is 2.00 bits per heavy atom. The van der Waals surface area contributed by atoms with E-state index in [-0.39, 0.29) is 17.4 Å². The average Bonchev–Trinajstić information content (AvgIpc) is 2.82. The molecule has 0 saturated carbocycles. The number of fused-ring (bicyclic) bond motifs is 1. The van der Waals surface area contributed by atoms with Crippen molar-refractivity contribution >= 4 is 23.5 Å². The Bertz CT molecular complexity index is 594. The van der Waals surface area contributed by atoms with Crippen LogP contribution in [0.1, 0.15) is 31.1 Å². The van der Waals surface area contributed by atoms with Crippen molar-refractivity contribution < 1.29 is 24.2 Å². The summed E-state index contributed by atoms with van der Waals surface area (Å²) in [6.07, 6.45) is 0. The number of aliphatic carboxylic acids is 1. The molecule has 1 heterocycles. The van der Waals surface area contributed by atoms with Gasteiger partial charge < -0.3 is 19.9 Å². The number of hydrogen-bond donors (Lipinski definition) is 2. The molecule has 1 aliphatic rings. The van der Waals surface area contributed by atoms with Gasteiger partial charge in [0.2, 0.25) is 6.79 Å². The molecule has 0 radical (unpaired) electrons. The molecule has 0 fully saturated rings. The molecule has 2 rings (SSSR count). The Morgan fingerprint density at radius 3 is 2.57 bits per heavy atom. The zero-order valence-electron chi connectivity index (χ0n) is 11.9. The van der Waals surface area contributed by atoms with Crippen LogP contribution in [0.5, 0.6) is 11.5 Å². The van der Waals surface area contributed by atoms with Crippen LogP contribution >= 0.6 is 11.6 Å². The fourth-order valence-electron chi connectivity index (χ4n) is 1.96. The van der Waals surface area contributed by atoms with Crippen molar-refractivity contribution in [1.29, 1.82) is 0 Å². The van der Waals surface area contributed by atoms with E-state index in [0.29, 0.717) is 11.5 Å². The van der Waals surface area contributed by atoms with E-state index in [4.69, 9.17) is 21.1 Å². The van der Waals surface area contributed by atoms with E-state index in [1.165, 1.54) is 12.1 Å². The van der Waals surface area contributed by atoms with Crippen molar-refractivity contribution in [3.05, 3.63) is 22.7 Å². The molecule has 6 nitrogen and oxygen atoms in total. The van der Waals surface area contributed by atoms with Gasteiger partial charge >= 0.3 is 5.97 Å². The lowest BCUT2D eigenvalue weighted by Gasteiger charge is -2.27. The van der Waals surface area contributed by atoms with Gasteiger partial charge in [-0.3, -0.25) is 4.79 Å². The summed E-state index contributed by atoms with van der Waals surface area (Å²) in [5.41, 5.74) is -0.401. The van der Waals surface area contributed by atoms with Gasteiger partial charge in [-0.05, 0) is 17.5 Å². The van der Waals surface area contributed by atoms with Gasteiger partial charge in [0, 0.05) is 5.56 Å². The van der Waals surface area contributed by atoms with Crippen LogP contribution in [0.15, 0.2) is 12.1 Å². The summed E-state index contributed by atoms with van der Waals surface area (Å²) in [5, 5.41) is 12.0. The minimum atomic E-state index is -1.09. The summed E-state index contributed by atoms with van der Waals surface area (Å²) in [7, 11) is 0. The lowest BCUT2D eigenvalue weighted by molar-refractivity contribution is -0.142. The second-order valence-corrected chi connectivity index (χ2v) is 6.21. The third-order valence-corrected chi connectivity index (χ3v) is 3.36. The molecule has 1 unspecified atom stereocenters. The van der Waals surface area contributed by atoms with E-state index >= 15 is 0 Å². The largest absolute Gasteiger partial charge is 0.480 e. The normalized spacial score (nSPS) is 14.7. The van der Waals surface area contributed by atoms with Crippen molar-refractivity contribution in [3.8, 4) is 11.5 Å². The van der Waals surface area contributed by atoms with Crippen molar-refractivity contribution in [2.24, 2.45) is 5.41 Å². The van der Waals surface area contributed by atoms with E-state index in [1.54, 1.807) is 20.8 Å². The number of nitrogens with one attached hydrogen (secondary N) is 1. The Labute approximate surface area is 127 Å². The number of hydrogen-bond acceptors (Lipinski definition) is 4. The molecular weight excluding hydrogens is 298 g/mol. The number of benzene rings is 1. The summed E-state index contributed by atoms with van der Waals surface area (Å²) in [5.74, 6) is -0.866. The minimum Gasteiger partial charge on any atom is -0.480 e. The highest BCUT2D eigenvalue weighted by Gasteiger charge is 2.33. The molecule has 1 aromatic rings. The zero-order valence-corrected chi connectivity index (χ0v) is 12.7. The number of carbonyl (C=O) groups is 2. The molecule has 21 heavy (non-hydrogen) atoms. The second kappa shape index (κ2) is 5.44. The average molecular weight is 314 g/mol. The number of halogens is 1. The summed E-state index contributed by atoms with van der Waals surface area (Å²) >= 11 is 6.01. The molecule has 0 saturated heterocycles. The molecule has 2 N–H and O–H groups in total. The maximum absolute atomic E-state index is 12.2. The molecule has 7 heteroatoms. The van der Waals surface area contributed by atoms with Crippen LogP contribution in [-0.2, 0) is 4.79 Å². The first-order chi connectivity index (χ1) is 9.70. The predicted molar refractivity (Wildman–Crippen MR) is 75.9 cm³/mol. The van der Waals surface area contributed by atoms with E-state index in [2.05, 4.69) is 5.32 Å². The van der Waals surface area contributed by atoms with Gasteiger partial charge in [-0.2, -0.15) is 0 Å². The molecule has 1 atom stereocenters. The van der Waals surface area contributed by atoms with E-state index in [9.17, 15) is 14.7 Å². The van der Waals surface area contributed by atoms with E-state index in [1.807, 2.05) is 0 Å². The standard InChI is InChI=1S/C14H16ClNO5/c1-14(2,3)11(13(18)19)16-12(17)7-4-8(15)10-9(5-7)20-6-21-10/h4-5,11H,6H2,1-3H3,(H,16,17)(H,18,19). The van der Waals surface area contributed by atoms with Crippen LogP contribution in [0.4, 0.5) is 0 Å². The van der Waals surface area contributed by atoms with Crippen LogP contribution in [0.2, 0.25) is 5.02 Å². The Balaban J connectivity index is 2.25. The fraction of sp³-hybridized carbons (Fsp3) is 0.429. The zero-order chi connectivity index (χ0) is 15.8. The molecule has 1 aromatic carbocycles. The van der Waals surface area contributed by atoms with Crippen molar-refractivity contribution in [3.63, 3.8) is 0 Å². The third-order valence-electron chi connectivity index (χ3n) is 3.08. The minimum absolute atomic E-state index is 0.0415. The topological polar surface area (TPSA) is 84.9 Å². The van der Waals surface area contributed by atoms with Crippen LogP contribution < -0.4 is 14.8 Å². The van der Waals surface area contributed by atoms with Gasteiger partial charge in [-0.25, -0.2) is 4.79 Å². The summed E-state index contributed by atoms with van der Waals surface area (Å²) < 4.78 is 10.3. The molecule has 1 amide bonds. The summed E-state index contributed by atoms with van der Waals surface area (Å²) in [6, 6.07) is 1.88. The highest BCUT2D eigenvalue weighted by atomic mass is 35.5. The molecule has 0 aliphatic carbocycles. The van der Waals surface area contributed by atoms with Crippen LogP contribution in [0.25, 0.3) is 0 Å². The predicted octanol–water partition coefficient (Wildman–Crippen LogP) is 2.30. The SMILES string of the molecule is CC(C)(C)C(NC(=O)c1cc(Cl)c2c(c1)OCO2)C(=O)O. The van der Waals surface area contributed by atoms with Crippen LogP contribution in [0, 0.1) is 5.41 Å². The third kappa shape index (κ3) is 3.21. The highest BCUT2D eigenvalue weighted by Crippen LogP contribution is 2.39. The molecule has 0 bridgehead atoms. The van der Waals surface area contributed by atoms with Crippen molar-refractivity contribution in [2.45, 2.75) is 26.8 Å². The number of carbonyl (C=O) groups excluding carboxylic acids is 1. The fourth-order valence-corrected chi connectivity index (χ4v) is 2.23. The summed E-state index contributed by atoms with van der Waals surface area (Å²) in [4.78, 5) is 23.5. The Hall–Kier alpha value is -1.95. The molecule has 0 spiro atoms. The van der Waals surface area contributed by atoms with E-state index < -0.39 is 23.3 Å². The first-order valence-corrected chi connectivity index (χ1v) is 6.71. The molecule has 1 aliphatic heterocycles. The lowest BCUT2D eigenvalue weighted by Crippen LogP contribution is -2.49. The molecule has 114 valence electrons. The number of rotatable bonds is 3. The number of carboxylic acid groups (broad SMARTS) is 1. The summed E-state index contributed by atoms with van der Waals surface area (Å²) in [6.45, 7) is 5.25. The lowest BCUT2D eigenvalue weighted by atomic mass is 9.86. The first kappa shape index (κ1) is 15.4. The second-order valence-electron chi connectivity index (χ2n) is 5.80. The van der Waals surface area contributed by atoms with Gasteiger partial charge in [0.15, 0.2) is 11.5 Å². The highest BCUT2D eigenvalue weighted by molar-refractivity contribution is 6.32. The van der Waals surface area contributed by atoms with E-state index in [0.717, 1.165) is 0 Å². The van der Waals surface area contributed by atoms with Crippen LogP contribution in [0.3, 0.4) is 0 Å². The van der Waals surface area contributed by atoms with Gasteiger partial charge in [-0.15, -0.1) is 0 Å². The maximum atomic E-state index is 12.2. The maximum Gasteiger partial charge on any atom is 0.326 e. The number of ether oxygens (including phenoxy) is 2. The Morgan fingerprint density at radius 1 is 1.33 bits per heavy atom. The van der Waals surface area contributed by atoms with Crippen molar-refractivity contribution in [2.75, 3.05) is 6.79 Å². The van der Waals surface area contributed by atoms with Crippen LogP contribution in [-0.4, -0.2) is 29.8 Å².